The lowest BCUT2D eigenvalue weighted by Gasteiger charge is -2.10. The van der Waals surface area contributed by atoms with Gasteiger partial charge in [-0.25, -0.2) is 0 Å². The molecule has 0 unspecified atom stereocenters. The number of rotatable bonds is 7. The molecule has 0 spiro atoms. The van der Waals surface area contributed by atoms with Crippen LogP contribution in [0.3, 0.4) is 0 Å². The van der Waals surface area contributed by atoms with Crippen molar-refractivity contribution in [1.82, 2.24) is 10.2 Å². The summed E-state index contributed by atoms with van der Waals surface area (Å²) in [6.07, 6.45) is 3.85. The van der Waals surface area contributed by atoms with Crippen LogP contribution < -0.4 is 14.8 Å². The van der Waals surface area contributed by atoms with Crippen molar-refractivity contribution in [1.29, 1.82) is 0 Å². The summed E-state index contributed by atoms with van der Waals surface area (Å²) in [7, 11) is 1.20. The first-order valence-corrected chi connectivity index (χ1v) is 8.11. The van der Waals surface area contributed by atoms with Crippen LogP contribution in [0.15, 0.2) is 42.6 Å². The van der Waals surface area contributed by atoms with Gasteiger partial charge in [-0.15, -0.1) is 0 Å². The molecule has 2 N–H and O–H groups in total. The Kier molecular flexibility index (Phi) is 5.67. The molecular weight excluding hydrogens is 390 g/mol. The molecule has 150 valence electrons. The summed E-state index contributed by atoms with van der Waals surface area (Å²) in [4.78, 5) is 22.8. The highest BCUT2D eigenvalue weighted by Gasteiger charge is 2.20. The van der Waals surface area contributed by atoms with Crippen molar-refractivity contribution in [2.75, 3.05) is 12.4 Å². The third-order valence-electron chi connectivity index (χ3n) is 3.87. The van der Waals surface area contributed by atoms with Crippen LogP contribution in [-0.4, -0.2) is 34.7 Å². The summed E-state index contributed by atoms with van der Waals surface area (Å²) >= 11 is 0. The van der Waals surface area contributed by atoms with E-state index in [1.165, 1.54) is 13.2 Å². The number of halogens is 2. The smallest absolute Gasteiger partial charge is 0.387 e. The second-order valence-electron chi connectivity index (χ2n) is 5.66. The predicted molar refractivity (Wildman–Crippen MR) is 100 cm³/mol. The van der Waals surface area contributed by atoms with Crippen molar-refractivity contribution in [3.05, 3.63) is 58.3 Å². The van der Waals surface area contributed by atoms with Gasteiger partial charge in [0.2, 0.25) is 5.91 Å². The van der Waals surface area contributed by atoms with Gasteiger partial charge in [-0.2, -0.15) is 13.9 Å². The van der Waals surface area contributed by atoms with E-state index in [-0.39, 0.29) is 11.3 Å². The number of aromatic amines is 1. The number of nitro groups is 1. The van der Waals surface area contributed by atoms with Gasteiger partial charge >= 0.3 is 6.61 Å². The minimum absolute atomic E-state index is 0.0247. The number of carbonyl (C=O) groups is 1. The van der Waals surface area contributed by atoms with Gasteiger partial charge in [-0.1, -0.05) is 12.1 Å². The summed E-state index contributed by atoms with van der Waals surface area (Å²) in [5.74, 6) is -1.19. The number of amides is 1. The van der Waals surface area contributed by atoms with E-state index >= 15 is 0 Å². The Morgan fingerprint density at radius 2 is 2.14 bits per heavy atom. The molecule has 3 rings (SSSR count). The number of H-pyrrole nitrogens is 1. The van der Waals surface area contributed by atoms with Crippen LogP contribution in [0, 0.1) is 10.1 Å². The summed E-state index contributed by atoms with van der Waals surface area (Å²) in [6.45, 7) is -3.18. The number of methoxy groups -OCH3 is 1. The number of ether oxygens (including phenoxy) is 2. The molecular formula is C18H14F2N4O5. The molecule has 0 bridgehead atoms. The maximum absolute atomic E-state index is 12.5. The lowest BCUT2D eigenvalue weighted by atomic mass is 10.1. The van der Waals surface area contributed by atoms with Crippen molar-refractivity contribution in [2.45, 2.75) is 6.61 Å². The van der Waals surface area contributed by atoms with E-state index in [4.69, 9.17) is 4.74 Å². The third kappa shape index (κ3) is 4.46. The maximum Gasteiger partial charge on any atom is 0.387 e. The lowest BCUT2D eigenvalue weighted by molar-refractivity contribution is -0.385. The van der Waals surface area contributed by atoms with Gasteiger partial charge < -0.3 is 14.8 Å². The molecule has 0 aliphatic carbocycles. The number of hydrogen-bond donors (Lipinski definition) is 2. The minimum atomic E-state index is -3.18. The average Bonchev–Trinajstić information content (AvgIpc) is 3.16. The molecule has 1 amide bonds. The summed E-state index contributed by atoms with van der Waals surface area (Å²) in [5, 5.41) is 21.4. The van der Waals surface area contributed by atoms with Gasteiger partial charge in [-0.3, -0.25) is 20.0 Å². The van der Waals surface area contributed by atoms with Gasteiger partial charge in [-0.05, 0) is 18.2 Å². The molecule has 0 fully saturated rings. The zero-order valence-corrected chi connectivity index (χ0v) is 14.9. The molecule has 1 heterocycles. The number of fused-ring (bicyclic) bond motifs is 1. The number of benzene rings is 2. The number of nitrogens with zero attached hydrogens (tertiary/aromatic N) is 2. The van der Waals surface area contributed by atoms with Gasteiger partial charge in [0.25, 0.3) is 5.69 Å². The number of carbonyl (C=O) groups excluding carboxylic acids is 1. The van der Waals surface area contributed by atoms with E-state index in [0.717, 1.165) is 23.6 Å². The van der Waals surface area contributed by atoms with Crippen molar-refractivity contribution in [2.24, 2.45) is 0 Å². The standard InChI is InChI=1S/C18H14F2N4O5/c1-28-14-7-10(13(24(26)27)8-15(14)29-18(19)20)5-6-16(25)22-12-4-2-3-11-9-21-23-17(11)12/h2-9,18H,1H3,(H,21,23)(H,22,25)/b6-5+. The zero-order valence-electron chi connectivity index (χ0n) is 14.9. The average molecular weight is 404 g/mol. The SMILES string of the molecule is COc1cc(/C=C/C(=O)Nc2cccc3cn[nH]c23)c([N+](=O)[O-])cc1OC(F)F. The monoisotopic (exact) mass is 404 g/mol. The normalized spacial score (nSPS) is 11.2. The molecule has 0 aliphatic rings. The number of para-hydroxylation sites is 1. The molecule has 3 aromatic rings. The van der Waals surface area contributed by atoms with Crippen LogP contribution in [0.25, 0.3) is 17.0 Å². The fraction of sp³-hybridized carbons (Fsp3) is 0.111. The van der Waals surface area contributed by atoms with Crippen molar-refractivity contribution < 1.29 is 28.0 Å². The fourth-order valence-electron chi connectivity index (χ4n) is 2.62. The second kappa shape index (κ2) is 8.33. The first-order valence-electron chi connectivity index (χ1n) is 8.11. The molecule has 0 saturated carbocycles. The molecule has 2 aromatic carbocycles. The Bertz CT molecular complexity index is 1100. The van der Waals surface area contributed by atoms with E-state index < -0.39 is 28.9 Å². The molecule has 9 nitrogen and oxygen atoms in total. The highest BCUT2D eigenvalue weighted by Crippen LogP contribution is 2.36. The third-order valence-corrected chi connectivity index (χ3v) is 3.87. The van der Waals surface area contributed by atoms with Crippen LogP contribution in [0.1, 0.15) is 5.56 Å². The lowest BCUT2D eigenvalue weighted by Crippen LogP contribution is -2.08. The Labute approximate surface area is 162 Å². The van der Waals surface area contributed by atoms with E-state index in [0.29, 0.717) is 11.2 Å². The van der Waals surface area contributed by atoms with Gasteiger partial charge in [0.15, 0.2) is 11.5 Å². The Morgan fingerprint density at radius 1 is 1.34 bits per heavy atom. The summed E-state index contributed by atoms with van der Waals surface area (Å²) in [5.41, 5.74) is 0.544. The van der Waals surface area contributed by atoms with E-state index in [2.05, 4.69) is 20.3 Å². The van der Waals surface area contributed by atoms with Crippen molar-refractivity contribution in [3.8, 4) is 11.5 Å². The Hall–Kier alpha value is -4.02. The molecule has 0 radical (unpaired) electrons. The van der Waals surface area contributed by atoms with Crippen LogP contribution >= 0.6 is 0 Å². The van der Waals surface area contributed by atoms with E-state index in [9.17, 15) is 23.7 Å². The molecule has 1 aromatic heterocycles. The second-order valence-corrected chi connectivity index (χ2v) is 5.66. The topological polar surface area (TPSA) is 119 Å². The van der Waals surface area contributed by atoms with Crippen LogP contribution in [0.5, 0.6) is 11.5 Å². The van der Waals surface area contributed by atoms with Gasteiger partial charge in [0.1, 0.15) is 0 Å². The first kappa shape index (κ1) is 19.7. The highest BCUT2D eigenvalue weighted by atomic mass is 19.3. The van der Waals surface area contributed by atoms with Crippen LogP contribution in [0.2, 0.25) is 0 Å². The molecule has 29 heavy (non-hydrogen) atoms. The number of alkyl halides is 2. The number of aromatic nitrogens is 2. The summed E-state index contributed by atoms with van der Waals surface area (Å²) < 4.78 is 34.2. The largest absolute Gasteiger partial charge is 0.493 e. The van der Waals surface area contributed by atoms with E-state index in [1.54, 1.807) is 18.3 Å². The zero-order chi connectivity index (χ0) is 21.0. The molecule has 11 heteroatoms. The minimum Gasteiger partial charge on any atom is -0.493 e. The maximum atomic E-state index is 12.5. The van der Waals surface area contributed by atoms with Gasteiger partial charge in [0, 0.05) is 11.5 Å². The highest BCUT2D eigenvalue weighted by molar-refractivity contribution is 6.06. The quantitative estimate of drug-likeness (QED) is 0.352. The fourth-order valence-corrected chi connectivity index (χ4v) is 2.62. The first-order chi connectivity index (χ1) is 13.9. The van der Waals surface area contributed by atoms with Crippen molar-refractivity contribution in [3.63, 3.8) is 0 Å². The number of anilines is 1. The number of hydrogen-bond acceptors (Lipinski definition) is 6. The number of nitrogens with one attached hydrogen (secondary N) is 2. The van der Waals surface area contributed by atoms with Crippen LogP contribution in [0.4, 0.5) is 20.2 Å². The summed E-state index contributed by atoms with van der Waals surface area (Å²) in [6, 6.07) is 7.15. The molecule has 0 atom stereocenters. The predicted octanol–water partition coefficient (Wildman–Crippen LogP) is 3.73. The molecule has 0 aliphatic heterocycles. The number of nitro benzene ring substituents is 1. The van der Waals surface area contributed by atoms with E-state index in [1.807, 2.05) is 6.07 Å². The van der Waals surface area contributed by atoms with Crippen LogP contribution in [-0.2, 0) is 4.79 Å². The molecule has 0 saturated heterocycles. The Balaban J connectivity index is 1.87. The van der Waals surface area contributed by atoms with Gasteiger partial charge in [0.05, 0.1) is 41.1 Å². The van der Waals surface area contributed by atoms with Crippen molar-refractivity contribution >= 4 is 34.3 Å². The Morgan fingerprint density at radius 3 is 2.83 bits per heavy atom.